The second-order valence-electron chi connectivity index (χ2n) is 6.75. The van der Waals surface area contributed by atoms with E-state index >= 15 is 0 Å². The summed E-state index contributed by atoms with van der Waals surface area (Å²) in [6.45, 7) is 12.4. The molecule has 2 unspecified atom stereocenters. The van der Waals surface area contributed by atoms with Crippen molar-refractivity contribution in [2.24, 2.45) is 5.73 Å². The van der Waals surface area contributed by atoms with Gasteiger partial charge in [-0.1, -0.05) is 41.4 Å². The van der Waals surface area contributed by atoms with Crippen LogP contribution >= 0.6 is 15.9 Å². The molecule has 0 saturated carbocycles. The highest BCUT2D eigenvalue weighted by Crippen LogP contribution is 2.47. The Balaban J connectivity index is 2.62. The van der Waals surface area contributed by atoms with Gasteiger partial charge in [-0.15, -0.1) is 0 Å². The molecule has 1 aromatic heterocycles. The Bertz CT molecular complexity index is 679. The number of nitrogens with zero attached hydrogens (tertiary/aromatic N) is 2. The number of rotatable bonds is 5. The molecule has 0 spiro atoms. The second-order valence-corrected chi connectivity index (χ2v) is 7.54. The molecular formula is C19H28BrN3O. The van der Waals surface area contributed by atoms with E-state index in [1.807, 2.05) is 6.92 Å². The molecule has 2 atom stereocenters. The van der Waals surface area contributed by atoms with Gasteiger partial charge in [0.25, 0.3) is 0 Å². The topological polar surface area (TPSA) is 61.0 Å². The summed E-state index contributed by atoms with van der Waals surface area (Å²) >= 11 is 3.78. The van der Waals surface area contributed by atoms with Crippen molar-refractivity contribution < 1.29 is 4.74 Å². The van der Waals surface area contributed by atoms with Crippen LogP contribution in [0.15, 0.2) is 27.9 Å². The summed E-state index contributed by atoms with van der Waals surface area (Å²) in [5.41, 5.74) is 9.30. The third kappa shape index (κ3) is 3.29. The summed E-state index contributed by atoms with van der Waals surface area (Å²) in [7, 11) is 0. The second kappa shape index (κ2) is 7.36. The first-order valence-corrected chi connectivity index (χ1v) is 9.36. The van der Waals surface area contributed by atoms with Gasteiger partial charge in [0.15, 0.2) is 5.75 Å². The molecule has 1 aromatic rings. The van der Waals surface area contributed by atoms with Gasteiger partial charge >= 0.3 is 0 Å². The first-order valence-electron chi connectivity index (χ1n) is 8.57. The average molecular weight is 394 g/mol. The molecule has 2 N–H and O–H groups in total. The van der Waals surface area contributed by atoms with Crippen LogP contribution in [0, 0.1) is 6.92 Å². The highest BCUT2D eigenvalue weighted by molar-refractivity contribution is 9.11. The predicted octanol–water partition coefficient (Wildman–Crippen LogP) is 4.57. The van der Waals surface area contributed by atoms with E-state index in [-0.39, 0.29) is 12.1 Å². The fourth-order valence-corrected chi connectivity index (χ4v) is 3.85. The number of ether oxygens (including phenoxy) is 1. The van der Waals surface area contributed by atoms with Crippen LogP contribution in [0.2, 0.25) is 0 Å². The number of halogens is 1. The van der Waals surface area contributed by atoms with Crippen molar-refractivity contribution in [1.29, 1.82) is 0 Å². The smallest absolute Gasteiger partial charge is 0.160 e. The monoisotopic (exact) mass is 393 g/mol. The Morgan fingerprint density at radius 2 is 1.92 bits per heavy atom. The minimum absolute atomic E-state index is 0.152. The zero-order valence-electron chi connectivity index (χ0n) is 15.5. The fourth-order valence-electron chi connectivity index (χ4n) is 3.30. The summed E-state index contributed by atoms with van der Waals surface area (Å²) in [6, 6.07) is -0.172. The molecule has 1 aliphatic rings. The van der Waals surface area contributed by atoms with E-state index in [0.717, 1.165) is 40.2 Å². The Kier molecular flexibility index (Phi) is 5.87. The molecule has 1 heterocycles. The van der Waals surface area contributed by atoms with E-state index in [9.17, 15) is 0 Å². The maximum Gasteiger partial charge on any atom is 0.160 e. The molecule has 24 heavy (non-hydrogen) atoms. The number of aryl methyl sites for hydroxylation is 1. The maximum absolute atomic E-state index is 6.61. The summed E-state index contributed by atoms with van der Waals surface area (Å²) in [5.74, 6) is 1.45. The van der Waals surface area contributed by atoms with Crippen LogP contribution < -0.4 is 10.5 Å². The van der Waals surface area contributed by atoms with Crippen molar-refractivity contribution in [2.75, 3.05) is 0 Å². The van der Waals surface area contributed by atoms with Gasteiger partial charge in [-0.2, -0.15) is 0 Å². The molecule has 0 bridgehead atoms. The summed E-state index contributed by atoms with van der Waals surface area (Å²) < 4.78 is 7.30. The van der Waals surface area contributed by atoms with Crippen molar-refractivity contribution in [3.05, 3.63) is 39.4 Å². The lowest BCUT2D eigenvalue weighted by molar-refractivity contribution is 0.186. The standard InChI is InChI=1S/C19H28BrN3O/c1-7-14(8-2)24-15-10-22-13(5)23-18(15)19(6)16(20)11(3)9-12(4)17(19)21/h9-10,14,17H,7-8,21H2,1-6H3. The molecule has 5 heteroatoms. The normalized spacial score (nSPS) is 24.4. The molecule has 0 aliphatic heterocycles. The molecule has 1 aliphatic carbocycles. The predicted molar refractivity (Wildman–Crippen MR) is 102 cm³/mol. The van der Waals surface area contributed by atoms with Crippen molar-refractivity contribution >= 4 is 15.9 Å². The minimum atomic E-state index is -0.474. The lowest BCUT2D eigenvalue weighted by Crippen LogP contribution is -2.47. The van der Waals surface area contributed by atoms with Crippen molar-refractivity contribution in [1.82, 2.24) is 9.97 Å². The highest BCUT2D eigenvalue weighted by Gasteiger charge is 2.44. The lowest BCUT2D eigenvalue weighted by Gasteiger charge is -2.40. The molecule has 0 amide bonds. The summed E-state index contributed by atoms with van der Waals surface area (Å²) in [6.07, 6.45) is 5.96. The number of nitrogens with two attached hydrogens (primary N) is 1. The molecule has 4 nitrogen and oxygen atoms in total. The molecular weight excluding hydrogens is 366 g/mol. The Hall–Kier alpha value is -1.20. The van der Waals surface area contributed by atoms with Gasteiger partial charge in [0.05, 0.1) is 23.4 Å². The quantitative estimate of drug-likeness (QED) is 0.795. The van der Waals surface area contributed by atoms with E-state index in [1.54, 1.807) is 6.20 Å². The average Bonchev–Trinajstić information content (AvgIpc) is 2.57. The van der Waals surface area contributed by atoms with Gasteiger partial charge in [-0.3, -0.25) is 0 Å². The highest BCUT2D eigenvalue weighted by atomic mass is 79.9. The van der Waals surface area contributed by atoms with E-state index in [4.69, 9.17) is 15.5 Å². The van der Waals surface area contributed by atoms with E-state index in [0.29, 0.717) is 0 Å². The molecule has 2 rings (SSSR count). The number of allylic oxidation sites excluding steroid dienone is 2. The number of aromatic nitrogens is 2. The Morgan fingerprint density at radius 1 is 1.29 bits per heavy atom. The first-order chi connectivity index (χ1) is 11.2. The maximum atomic E-state index is 6.61. The van der Waals surface area contributed by atoms with Crippen molar-refractivity contribution in [3.63, 3.8) is 0 Å². The molecule has 0 fully saturated rings. The molecule has 0 saturated heterocycles. The third-order valence-corrected chi connectivity index (χ3v) is 6.38. The van der Waals surface area contributed by atoms with Gasteiger partial charge in [0.1, 0.15) is 5.82 Å². The fraction of sp³-hybridized carbons (Fsp3) is 0.579. The van der Waals surface area contributed by atoms with Gasteiger partial charge < -0.3 is 10.5 Å². The molecule has 132 valence electrons. The zero-order valence-corrected chi connectivity index (χ0v) is 17.1. The van der Waals surface area contributed by atoms with Crippen LogP contribution in [0.3, 0.4) is 0 Å². The SMILES string of the molecule is CCC(CC)Oc1cnc(C)nc1C1(C)C(Br)=C(C)C=C(C)C1N. The van der Waals surface area contributed by atoms with Gasteiger partial charge in [0.2, 0.25) is 0 Å². The van der Waals surface area contributed by atoms with E-state index in [2.05, 4.69) is 61.6 Å². The van der Waals surface area contributed by atoms with Crippen LogP contribution in [0.5, 0.6) is 5.75 Å². The number of hydrogen-bond acceptors (Lipinski definition) is 4. The Labute approximate surface area is 153 Å². The van der Waals surface area contributed by atoms with Gasteiger partial charge in [0, 0.05) is 10.5 Å². The summed E-state index contributed by atoms with van der Waals surface area (Å²) in [5, 5.41) is 0. The minimum Gasteiger partial charge on any atom is -0.487 e. The van der Waals surface area contributed by atoms with Gasteiger partial charge in [-0.05, 0) is 46.1 Å². The van der Waals surface area contributed by atoms with Crippen LogP contribution in [0.25, 0.3) is 0 Å². The zero-order chi connectivity index (χ0) is 18.1. The first kappa shape index (κ1) is 19.1. The molecule has 0 radical (unpaired) electrons. The number of hydrogen-bond donors (Lipinski definition) is 1. The van der Waals surface area contributed by atoms with Crippen LogP contribution in [0.4, 0.5) is 0 Å². The van der Waals surface area contributed by atoms with Crippen molar-refractivity contribution in [2.45, 2.75) is 71.9 Å². The van der Waals surface area contributed by atoms with E-state index < -0.39 is 5.41 Å². The Morgan fingerprint density at radius 3 is 2.50 bits per heavy atom. The van der Waals surface area contributed by atoms with Gasteiger partial charge in [-0.25, -0.2) is 9.97 Å². The largest absolute Gasteiger partial charge is 0.487 e. The van der Waals surface area contributed by atoms with Crippen LogP contribution in [0.1, 0.15) is 59.0 Å². The van der Waals surface area contributed by atoms with E-state index in [1.165, 1.54) is 5.57 Å². The van der Waals surface area contributed by atoms with Crippen LogP contribution in [-0.2, 0) is 5.41 Å². The third-order valence-electron chi connectivity index (χ3n) is 4.93. The van der Waals surface area contributed by atoms with Crippen molar-refractivity contribution in [3.8, 4) is 5.75 Å². The van der Waals surface area contributed by atoms with Crippen LogP contribution in [-0.4, -0.2) is 22.1 Å². The lowest BCUT2D eigenvalue weighted by atomic mass is 9.71. The summed E-state index contributed by atoms with van der Waals surface area (Å²) in [4.78, 5) is 9.11. The molecule has 0 aromatic carbocycles.